The Morgan fingerprint density at radius 1 is 1.03 bits per heavy atom. The highest BCUT2D eigenvalue weighted by Gasteiger charge is 2.12. The second kappa shape index (κ2) is 9.11. The van der Waals surface area contributed by atoms with Crippen molar-refractivity contribution in [3.63, 3.8) is 0 Å². The van der Waals surface area contributed by atoms with Gasteiger partial charge in [-0.15, -0.1) is 0 Å². The standard InChI is InChI=1S/C24H20ClN3O4/c1-32-19-8-5-15(6-9-19)14-28-23(30)20-10-7-17(12-21(20)27-24(28)31)22(29)26-13-16-3-2-4-18(25)11-16/h2-12H,13-14H2,1H3,(H,26,29)(H,27,31). The van der Waals surface area contributed by atoms with Gasteiger partial charge in [-0.1, -0.05) is 35.9 Å². The molecule has 0 aliphatic rings. The topological polar surface area (TPSA) is 93.2 Å². The smallest absolute Gasteiger partial charge is 0.329 e. The number of carbonyl (C=O) groups excluding carboxylic acids is 1. The van der Waals surface area contributed by atoms with E-state index in [1.54, 1.807) is 55.6 Å². The van der Waals surface area contributed by atoms with E-state index in [2.05, 4.69) is 10.3 Å². The van der Waals surface area contributed by atoms with Crippen LogP contribution in [-0.2, 0) is 13.1 Å². The van der Waals surface area contributed by atoms with Crippen molar-refractivity contribution >= 4 is 28.4 Å². The van der Waals surface area contributed by atoms with E-state index in [0.717, 1.165) is 15.7 Å². The molecule has 32 heavy (non-hydrogen) atoms. The lowest BCUT2D eigenvalue weighted by atomic mass is 10.1. The molecule has 4 rings (SSSR count). The Kier molecular flexibility index (Phi) is 6.09. The van der Waals surface area contributed by atoms with Gasteiger partial charge in [-0.2, -0.15) is 0 Å². The van der Waals surface area contributed by atoms with Crippen LogP contribution in [0.15, 0.2) is 76.3 Å². The van der Waals surface area contributed by atoms with Crippen LogP contribution in [0.5, 0.6) is 5.75 Å². The Hall–Kier alpha value is -3.84. The van der Waals surface area contributed by atoms with Crippen LogP contribution in [0, 0.1) is 0 Å². The summed E-state index contributed by atoms with van der Waals surface area (Å²) in [6.07, 6.45) is 0. The highest BCUT2D eigenvalue weighted by molar-refractivity contribution is 6.30. The van der Waals surface area contributed by atoms with Crippen LogP contribution < -0.4 is 21.3 Å². The first-order valence-electron chi connectivity index (χ1n) is 9.87. The highest BCUT2D eigenvalue weighted by Crippen LogP contribution is 2.14. The molecule has 0 aliphatic carbocycles. The van der Waals surface area contributed by atoms with Crippen molar-refractivity contribution in [1.29, 1.82) is 0 Å². The van der Waals surface area contributed by atoms with Crippen LogP contribution in [0.2, 0.25) is 5.02 Å². The Balaban J connectivity index is 1.58. The summed E-state index contributed by atoms with van der Waals surface area (Å²) in [5.74, 6) is 0.366. The van der Waals surface area contributed by atoms with E-state index < -0.39 is 11.2 Å². The van der Waals surface area contributed by atoms with Gasteiger partial charge in [0.2, 0.25) is 0 Å². The molecular formula is C24H20ClN3O4. The fraction of sp³-hybridized carbons (Fsp3) is 0.125. The van der Waals surface area contributed by atoms with Crippen molar-refractivity contribution in [1.82, 2.24) is 14.9 Å². The summed E-state index contributed by atoms with van der Waals surface area (Å²) in [5, 5.41) is 3.72. The predicted molar refractivity (Wildman–Crippen MR) is 124 cm³/mol. The molecule has 1 aromatic heterocycles. The number of amides is 1. The zero-order valence-electron chi connectivity index (χ0n) is 17.2. The van der Waals surface area contributed by atoms with Crippen molar-refractivity contribution in [3.8, 4) is 5.75 Å². The molecule has 162 valence electrons. The number of aromatic amines is 1. The SMILES string of the molecule is COc1ccc(Cn2c(=O)[nH]c3cc(C(=O)NCc4cccc(Cl)c4)ccc3c2=O)cc1. The van der Waals surface area contributed by atoms with Crippen molar-refractivity contribution in [2.75, 3.05) is 7.11 Å². The first-order chi connectivity index (χ1) is 15.4. The zero-order valence-corrected chi connectivity index (χ0v) is 18.0. The maximum absolute atomic E-state index is 12.9. The average molecular weight is 450 g/mol. The minimum atomic E-state index is -0.546. The molecule has 1 heterocycles. The number of hydrogen-bond donors (Lipinski definition) is 2. The number of methoxy groups -OCH3 is 1. The zero-order chi connectivity index (χ0) is 22.7. The molecule has 0 bridgehead atoms. The van der Waals surface area contributed by atoms with Gasteiger partial charge in [0.15, 0.2) is 0 Å². The predicted octanol–water partition coefficient (Wildman–Crippen LogP) is 3.33. The van der Waals surface area contributed by atoms with Crippen molar-refractivity contribution in [2.45, 2.75) is 13.1 Å². The highest BCUT2D eigenvalue weighted by atomic mass is 35.5. The molecule has 0 saturated heterocycles. The van der Waals surface area contributed by atoms with Crippen LogP contribution in [0.25, 0.3) is 10.9 Å². The molecular weight excluding hydrogens is 430 g/mol. The fourth-order valence-corrected chi connectivity index (χ4v) is 3.60. The van der Waals surface area contributed by atoms with Crippen LogP contribution >= 0.6 is 11.6 Å². The summed E-state index contributed by atoms with van der Waals surface area (Å²) in [6, 6.07) is 18.9. The third kappa shape index (κ3) is 4.58. The molecule has 0 saturated carbocycles. The second-order valence-electron chi connectivity index (χ2n) is 7.24. The monoisotopic (exact) mass is 449 g/mol. The molecule has 3 aromatic carbocycles. The lowest BCUT2D eigenvalue weighted by Gasteiger charge is -2.09. The lowest BCUT2D eigenvalue weighted by Crippen LogP contribution is -2.35. The van der Waals surface area contributed by atoms with Gasteiger partial charge < -0.3 is 15.0 Å². The van der Waals surface area contributed by atoms with Gasteiger partial charge in [0.1, 0.15) is 5.75 Å². The lowest BCUT2D eigenvalue weighted by molar-refractivity contribution is 0.0951. The number of nitrogens with one attached hydrogen (secondary N) is 2. The van der Waals surface area contributed by atoms with Gasteiger partial charge in [0, 0.05) is 17.1 Å². The Labute approximate surface area is 188 Å². The van der Waals surface area contributed by atoms with Gasteiger partial charge in [-0.05, 0) is 53.6 Å². The molecule has 0 unspecified atom stereocenters. The molecule has 0 atom stereocenters. The quantitative estimate of drug-likeness (QED) is 0.472. The second-order valence-corrected chi connectivity index (χ2v) is 7.68. The van der Waals surface area contributed by atoms with Gasteiger partial charge >= 0.3 is 5.69 Å². The molecule has 1 amide bonds. The third-order valence-corrected chi connectivity index (χ3v) is 5.32. The molecule has 0 aliphatic heterocycles. The van der Waals surface area contributed by atoms with Crippen molar-refractivity contribution in [3.05, 3.63) is 109 Å². The van der Waals surface area contributed by atoms with Gasteiger partial charge in [-0.3, -0.25) is 14.2 Å². The maximum atomic E-state index is 12.9. The number of rotatable bonds is 6. The van der Waals surface area contributed by atoms with Gasteiger partial charge in [0.25, 0.3) is 11.5 Å². The number of fused-ring (bicyclic) bond motifs is 1. The number of benzene rings is 3. The van der Waals surface area contributed by atoms with Crippen molar-refractivity contribution < 1.29 is 9.53 Å². The Bertz CT molecular complexity index is 1410. The molecule has 0 fully saturated rings. The summed E-state index contributed by atoms with van der Waals surface area (Å²) in [6.45, 7) is 0.424. The molecule has 4 aromatic rings. The van der Waals surface area contributed by atoms with E-state index in [1.807, 2.05) is 12.1 Å². The van der Waals surface area contributed by atoms with E-state index in [9.17, 15) is 14.4 Å². The minimum absolute atomic E-state index is 0.121. The molecule has 2 N–H and O–H groups in total. The normalized spacial score (nSPS) is 10.8. The molecule has 8 heteroatoms. The number of hydrogen-bond acceptors (Lipinski definition) is 4. The van der Waals surface area contributed by atoms with E-state index in [0.29, 0.717) is 33.8 Å². The van der Waals surface area contributed by atoms with Crippen LogP contribution in [0.4, 0.5) is 0 Å². The maximum Gasteiger partial charge on any atom is 0.329 e. The van der Waals surface area contributed by atoms with Crippen molar-refractivity contribution in [2.24, 2.45) is 0 Å². The number of carbonyl (C=O) groups is 1. The van der Waals surface area contributed by atoms with Crippen LogP contribution in [-0.4, -0.2) is 22.6 Å². The largest absolute Gasteiger partial charge is 0.497 e. The molecule has 0 spiro atoms. The Morgan fingerprint density at radius 3 is 2.53 bits per heavy atom. The number of aromatic nitrogens is 2. The number of halogens is 1. The van der Waals surface area contributed by atoms with E-state index in [4.69, 9.17) is 16.3 Å². The summed E-state index contributed by atoms with van der Waals surface area (Å²) < 4.78 is 6.26. The first kappa shape index (κ1) is 21.4. The van der Waals surface area contributed by atoms with E-state index in [1.165, 1.54) is 6.07 Å². The van der Waals surface area contributed by atoms with Crippen LogP contribution in [0.3, 0.4) is 0 Å². The fourth-order valence-electron chi connectivity index (χ4n) is 3.38. The Morgan fingerprint density at radius 2 is 1.81 bits per heavy atom. The average Bonchev–Trinajstić information content (AvgIpc) is 2.80. The summed E-state index contributed by atoms with van der Waals surface area (Å²) in [7, 11) is 1.57. The number of nitrogens with zero attached hydrogens (tertiary/aromatic N) is 1. The first-order valence-corrected chi connectivity index (χ1v) is 10.2. The molecule has 7 nitrogen and oxygen atoms in total. The minimum Gasteiger partial charge on any atom is -0.497 e. The van der Waals surface area contributed by atoms with Crippen LogP contribution in [0.1, 0.15) is 21.5 Å². The molecule has 0 radical (unpaired) electrons. The van der Waals surface area contributed by atoms with E-state index >= 15 is 0 Å². The third-order valence-electron chi connectivity index (χ3n) is 5.09. The van der Waals surface area contributed by atoms with E-state index in [-0.39, 0.29) is 12.5 Å². The summed E-state index contributed by atoms with van der Waals surface area (Å²) >= 11 is 5.97. The number of H-pyrrole nitrogens is 1. The van der Waals surface area contributed by atoms with Gasteiger partial charge in [0.05, 0.1) is 24.6 Å². The van der Waals surface area contributed by atoms with Gasteiger partial charge in [-0.25, -0.2) is 4.79 Å². The summed E-state index contributed by atoms with van der Waals surface area (Å²) in [5.41, 5.74) is 1.32. The number of ether oxygens (including phenoxy) is 1. The summed E-state index contributed by atoms with van der Waals surface area (Å²) in [4.78, 5) is 40.7.